The van der Waals surface area contributed by atoms with Crippen LogP contribution >= 0.6 is 0 Å². The van der Waals surface area contributed by atoms with E-state index in [2.05, 4.69) is 16.0 Å². The Balaban J connectivity index is 1.88. The predicted octanol–water partition coefficient (Wildman–Crippen LogP) is 2.54. The Bertz CT molecular complexity index is 525. The molecule has 3 N–H and O–H groups in total. The molecule has 1 aliphatic carbocycles. The van der Waals surface area contributed by atoms with Gasteiger partial charge < -0.3 is 16.0 Å². The van der Waals surface area contributed by atoms with Crippen LogP contribution in [0.5, 0.6) is 0 Å². The molecular weight excluding hydrogens is 290 g/mol. The second-order valence-electron chi connectivity index (χ2n) is 6.12. The number of hydrogen-bond acceptors (Lipinski definition) is 3. The Kier molecular flexibility index (Phi) is 7.07. The largest absolute Gasteiger partial charge is 0.352 e. The summed E-state index contributed by atoms with van der Waals surface area (Å²) in [7, 11) is 1.89. The third-order valence-corrected chi connectivity index (χ3v) is 4.26. The number of benzene rings is 1. The van der Waals surface area contributed by atoms with Crippen LogP contribution in [-0.2, 0) is 4.79 Å². The lowest BCUT2D eigenvalue weighted by Crippen LogP contribution is -2.27. The fourth-order valence-electron chi connectivity index (χ4n) is 2.92. The highest BCUT2D eigenvalue weighted by molar-refractivity contribution is 5.97. The maximum Gasteiger partial charge on any atom is 0.251 e. The van der Waals surface area contributed by atoms with Crippen molar-refractivity contribution in [2.45, 2.75) is 38.5 Å². The van der Waals surface area contributed by atoms with Gasteiger partial charge in [0.25, 0.3) is 5.91 Å². The summed E-state index contributed by atoms with van der Waals surface area (Å²) < 4.78 is 0. The van der Waals surface area contributed by atoms with E-state index in [-0.39, 0.29) is 17.7 Å². The molecule has 2 amide bonds. The second kappa shape index (κ2) is 9.30. The van der Waals surface area contributed by atoms with Crippen molar-refractivity contribution in [3.63, 3.8) is 0 Å². The average molecular weight is 317 g/mol. The fraction of sp³-hybridized carbons (Fsp3) is 0.556. The van der Waals surface area contributed by atoms with Crippen LogP contribution in [0.25, 0.3) is 0 Å². The minimum atomic E-state index is -0.102. The molecule has 0 heterocycles. The lowest BCUT2D eigenvalue weighted by atomic mass is 9.88. The van der Waals surface area contributed by atoms with Crippen LogP contribution in [0.4, 0.5) is 5.69 Å². The normalized spacial score (nSPS) is 15.2. The zero-order valence-corrected chi connectivity index (χ0v) is 13.9. The summed E-state index contributed by atoms with van der Waals surface area (Å²) >= 11 is 0. The van der Waals surface area contributed by atoms with Gasteiger partial charge in [-0.15, -0.1) is 0 Å². The van der Waals surface area contributed by atoms with E-state index in [4.69, 9.17) is 0 Å². The first-order chi connectivity index (χ1) is 11.2. The van der Waals surface area contributed by atoms with E-state index in [0.29, 0.717) is 17.8 Å². The van der Waals surface area contributed by atoms with Crippen molar-refractivity contribution in [3.8, 4) is 0 Å². The SMILES string of the molecule is CNCCCNC(=O)c1cccc(NC(=O)C2CCCCC2)c1. The molecule has 0 unspecified atom stereocenters. The van der Waals surface area contributed by atoms with E-state index in [1.807, 2.05) is 13.1 Å². The maximum absolute atomic E-state index is 12.3. The number of carbonyl (C=O) groups excluding carboxylic acids is 2. The smallest absolute Gasteiger partial charge is 0.251 e. The number of anilines is 1. The van der Waals surface area contributed by atoms with Crippen LogP contribution in [0.2, 0.25) is 0 Å². The van der Waals surface area contributed by atoms with Gasteiger partial charge in [-0.25, -0.2) is 0 Å². The molecule has 1 aliphatic rings. The van der Waals surface area contributed by atoms with Gasteiger partial charge in [0.2, 0.25) is 5.91 Å². The Morgan fingerprint density at radius 3 is 2.65 bits per heavy atom. The molecule has 126 valence electrons. The van der Waals surface area contributed by atoms with Crippen molar-refractivity contribution in [1.29, 1.82) is 0 Å². The molecule has 0 radical (unpaired) electrons. The van der Waals surface area contributed by atoms with Gasteiger partial charge in [-0.2, -0.15) is 0 Å². The lowest BCUT2D eigenvalue weighted by Gasteiger charge is -2.20. The highest BCUT2D eigenvalue weighted by atomic mass is 16.2. The lowest BCUT2D eigenvalue weighted by molar-refractivity contribution is -0.120. The predicted molar refractivity (Wildman–Crippen MR) is 92.5 cm³/mol. The van der Waals surface area contributed by atoms with Gasteiger partial charge >= 0.3 is 0 Å². The van der Waals surface area contributed by atoms with Crippen LogP contribution in [-0.4, -0.2) is 32.0 Å². The van der Waals surface area contributed by atoms with Crippen molar-refractivity contribution >= 4 is 17.5 Å². The number of rotatable bonds is 7. The molecule has 0 aromatic heterocycles. The highest BCUT2D eigenvalue weighted by Gasteiger charge is 2.21. The van der Waals surface area contributed by atoms with Crippen LogP contribution in [0, 0.1) is 5.92 Å². The van der Waals surface area contributed by atoms with Crippen LogP contribution in [0.3, 0.4) is 0 Å². The van der Waals surface area contributed by atoms with E-state index in [1.165, 1.54) is 6.42 Å². The maximum atomic E-state index is 12.3. The molecule has 0 saturated heterocycles. The summed E-state index contributed by atoms with van der Waals surface area (Å²) in [6, 6.07) is 7.15. The molecule has 1 fully saturated rings. The minimum absolute atomic E-state index is 0.0799. The molecule has 1 aromatic rings. The first-order valence-corrected chi connectivity index (χ1v) is 8.54. The highest BCUT2D eigenvalue weighted by Crippen LogP contribution is 2.25. The fourth-order valence-corrected chi connectivity index (χ4v) is 2.92. The Labute approximate surface area is 138 Å². The van der Waals surface area contributed by atoms with E-state index in [9.17, 15) is 9.59 Å². The zero-order valence-electron chi connectivity index (χ0n) is 13.9. The van der Waals surface area contributed by atoms with Gasteiger partial charge in [-0.1, -0.05) is 25.3 Å². The molecular formula is C18H27N3O2. The Morgan fingerprint density at radius 2 is 1.91 bits per heavy atom. The van der Waals surface area contributed by atoms with E-state index in [1.54, 1.807) is 18.2 Å². The molecule has 0 spiro atoms. The number of amides is 2. The summed E-state index contributed by atoms with van der Waals surface area (Å²) in [4.78, 5) is 24.4. The van der Waals surface area contributed by atoms with E-state index in [0.717, 1.165) is 38.6 Å². The summed E-state index contributed by atoms with van der Waals surface area (Å²) in [5.41, 5.74) is 1.28. The monoisotopic (exact) mass is 317 g/mol. The number of hydrogen-bond donors (Lipinski definition) is 3. The van der Waals surface area contributed by atoms with Gasteiger partial charge in [0, 0.05) is 23.7 Å². The molecule has 0 bridgehead atoms. The van der Waals surface area contributed by atoms with Gasteiger partial charge in [0.1, 0.15) is 0 Å². The molecule has 5 nitrogen and oxygen atoms in total. The molecule has 0 atom stereocenters. The molecule has 1 saturated carbocycles. The Hall–Kier alpha value is -1.88. The summed E-state index contributed by atoms with van der Waals surface area (Å²) in [6.07, 6.45) is 6.32. The number of nitrogens with one attached hydrogen (secondary N) is 3. The van der Waals surface area contributed by atoms with E-state index < -0.39 is 0 Å². The van der Waals surface area contributed by atoms with Crippen molar-refractivity contribution < 1.29 is 9.59 Å². The third-order valence-electron chi connectivity index (χ3n) is 4.26. The van der Waals surface area contributed by atoms with Crippen LogP contribution < -0.4 is 16.0 Å². The van der Waals surface area contributed by atoms with E-state index >= 15 is 0 Å². The zero-order chi connectivity index (χ0) is 16.5. The van der Waals surface area contributed by atoms with Crippen LogP contribution in [0.1, 0.15) is 48.9 Å². The van der Waals surface area contributed by atoms with Crippen molar-refractivity contribution in [3.05, 3.63) is 29.8 Å². The molecule has 5 heteroatoms. The number of carbonyl (C=O) groups is 2. The molecule has 0 aliphatic heterocycles. The van der Waals surface area contributed by atoms with Crippen LogP contribution in [0.15, 0.2) is 24.3 Å². The molecule has 1 aromatic carbocycles. The van der Waals surface area contributed by atoms with Crippen molar-refractivity contribution in [2.75, 3.05) is 25.5 Å². The van der Waals surface area contributed by atoms with Gasteiger partial charge in [-0.05, 0) is 51.1 Å². The quantitative estimate of drug-likeness (QED) is 0.677. The van der Waals surface area contributed by atoms with Gasteiger partial charge in [0.15, 0.2) is 0 Å². The first kappa shape index (κ1) is 17.5. The standard InChI is InChI=1S/C18H27N3O2/c1-19-11-6-12-20-17(22)15-9-5-10-16(13-15)21-18(23)14-7-3-2-4-8-14/h5,9-10,13-14,19H,2-4,6-8,11-12H2,1H3,(H,20,22)(H,21,23). The minimum Gasteiger partial charge on any atom is -0.352 e. The average Bonchev–Trinajstić information content (AvgIpc) is 2.59. The summed E-state index contributed by atoms with van der Waals surface area (Å²) in [5, 5.41) is 8.88. The summed E-state index contributed by atoms with van der Waals surface area (Å²) in [6.45, 7) is 1.51. The first-order valence-electron chi connectivity index (χ1n) is 8.54. The molecule has 2 rings (SSSR count). The summed E-state index contributed by atoms with van der Waals surface area (Å²) in [5.74, 6) is 0.0916. The van der Waals surface area contributed by atoms with Gasteiger partial charge in [0.05, 0.1) is 0 Å². The Morgan fingerprint density at radius 1 is 1.13 bits per heavy atom. The molecule has 23 heavy (non-hydrogen) atoms. The second-order valence-corrected chi connectivity index (χ2v) is 6.12. The topological polar surface area (TPSA) is 70.2 Å². The third kappa shape index (κ3) is 5.67. The van der Waals surface area contributed by atoms with Gasteiger partial charge in [-0.3, -0.25) is 9.59 Å². The van der Waals surface area contributed by atoms with Crippen molar-refractivity contribution in [2.24, 2.45) is 5.92 Å². The van der Waals surface area contributed by atoms with Crippen molar-refractivity contribution in [1.82, 2.24) is 10.6 Å².